The molecule has 1 aromatic carbocycles. The number of methoxy groups -OCH3 is 1. The minimum absolute atomic E-state index is 0.129. The van der Waals surface area contributed by atoms with Gasteiger partial charge in [0.15, 0.2) is 6.10 Å². The molecule has 1 atom stereocenters. The first-order chi connectivity index (χ1) is 9.56. The van der Waals surface area contributed by atoms with Gasteiger partial charge >= 0.3 is 21.6 Å². The van der Waals surface area contributed by atoms with E-state index in [9.17, 15) is 26.4 Å². The van der Waals surface area contributed by atoms with Crippen molar-refractivity contribution in [1.82, 2.24) is 0 Å². The molecule has 0 saturated heterocycles. The lowest BCUT2D eigenvalue weighted by Gasteiger charge is -2.13. The molecule has 6 nitrogen and oxygen atoms in total. The van der Waals surface area contributed by atoms with Crippen molar-refractivity contribution in [2.24, 2.45) is 0 Å². The lowest BCUT2D eigenvalue weighted by atomic mass is 10.3. The van der Waals surface area contributed by atoms with E-state index in [2.05, 4.69) is 8.92 Å². The van der Waals surface area contributed by atoms with E-state index in [1.54, 1.807) is 0 Å². The Morgan fingerprint density at radius 2 is 1.62 bits per heavy atom. The second-order valence-corrected chi connectivity index (χ2v) is 5.28. The standard InChI is InChI=1S/C11H11F3O6S/c1-7(10(15)18-2)19-8-3-5-9(6-4-8)20-21(16,17)11(12,13)14/h3-7H,1-2H3/t7-/m1/s1. The van der Waals surface area contributed by atoms with Crippen molar-refractivity contribution in [3.8, 4) is 11.5 Å². The zero-order valence-corrected chi connectivity index (χ0v) is 11.7. The molecule has 21 heavy (non-hydrogen) atoms. The van der Waals surface area contributed by atoms with Gasteiger partial charge in [-0.1, -0.05) is 0 Å². The Morgan fingerprint density at radius 1 is 1.14 bits per heavy atom. The predicted molar refractivity (Wildman–Crippen MR) is 64.2 cm³/mol. The van der Waals surface area contributed by atoms with Crippen LogP contribution in [0, 0.1) is 0 Å². The number of carbonyl (C=O) groups is 1. The summed E-state index contributed by atoms with van der Waals surface area (Å²) in [5, 5.41) is 0. The second kappa shape index (κ2) is 6.20. The van der Waals surface area contributed by atoms with Crippen LogP contribution in [-0.4, -0.2) is 33.1 Å². The highest BCUT2D eigenvalue weighted by Crippen LogP contribution is 2.28. The smallest absolute Gasteiger partial charge is 0.479 e. The normalized spacial score (nSPS) is 13.4. The fourth-order valence-electron chi connectivity index (χ4n) is 1.17. The molecule has 10 heteroatoms. The average Bonchev–Trinajstić information content (AvgIpc) is 2.38. The zero-order valence-electron chi connectivity index (χ0n) is 10.9. The van der Waals surface area contributed by atoms with E-state index < -0.39 is 33.4 Å². The summed E-state index contributed by atoms with van der Waals surface area (Å²) in [7, 11) is -4.55. The van der Waals surface area contributed by atoms with Crippen molar-refractivity contribution in [2.45, 2.75) is 18.5 Å². The molecule has 0 aromatic heterocycles. The van der Waals surface area contributed by atoms with Gasteiger partial charge in [-0.2, -0.15) is 21.6 Å². The number of carbonyl (C=O) groups excluding carboxylic acids is 1. The minimum Gasteiger partial charge on any atom is -0.479 e. The maximum absolute atomic E-state index is 12.1. The van der Waals surface area contributed by atoms with Crippen molar-refractivity contribution < 1.29 is 40.0 Å². The van der Waals surface area contributed by atoms with Crippen LogP contribution in [0.15, 0.2) is 24.3 Å². The monoisotopic (exact) mass is 328 g/mol. The van der Waals surface area contributed by atoms with Crippen molar-refractivity contribution in [3.05, 3.63) is 24.3 Å². The van der Waals surface area contributed by atoms with E-state index >= 15 is 0 Å². The number of alkyl halides is 3. The van der Waals surface area contributed by atoms with Crippen molar-refractivity contribution in [2.75, 3.05) is 7.11 Å². The fourth-order valence-corrected chi connectivity index (χ4v) is 1.62. The molecule has 0 spiro atoms. The van der Waals surface area contributed by atoms with Gasteiger partial charge in [0.2, 0.25) is 0 Å². The lowest BCUT2D eigenvalue weighted by Crippen LogP contribution is -2.28. The van der Waals surface area contributed by atoms with E-state index in [0.717, 1.165) is 24.3 Å². The van der Waals surface area contributed by atoms with Crippen LogP contribution in [0.25, 0.3) is 0 Å². The van der Waals surface area contributed by atoms with Crippen LogP contribution in [0.3, 0.4) is 0 Å². The van der Waals surface area contributed by atoms with Gasteiger partial charge in [-0.25, -0.2) is 4.79 Å². The SMILES string of the molecule is COC(=O)[C@@H](C)Oc1ccc(OS(=O)(=O)C(F)(F)F)cc1. The molecule has 1 rings (SSSR count). The van der Waals surface area contributed by atoms with Crippen molar-refractivity contribution in [1.29, 1.82) is 0 Å². The molecular formula is C11H11F3O6S. The van der Waals surface area contributed by atoms with E-state index in [0.29, 0.717) is 0 Å². The number of rotatable bonds is 5. The first-order valence-corrected chi connectivity index (χ1v) is 6.83. The second-order valence-electron chi connectivity index (χ2n) is 3.74. The Morgan fingerprint density at radius 3 is 2.05 bits per heavy atom. The largest absolute Gasteiger partial charge is 0.534 e. The van der Waals surface area contributed by atoms with Crippen LogP contribution in [0.1, 0.15) is 6.92 Å². The molecule has 0 bridgehead atoms. The van der Waals surface area contributed by atoms with Crippen LogP contribution in [0.2, 0.25) is 0 Å². The van der Waals surface area contributed by atoms with E-state index in [1.165, 1.54) is 14.0 Å². The predicted octanol–water partition coefficient (Wildman–Crippen LogP) is 1.86. The van der Waals surface area contributed by atoms with Gasteiger partial charge in [0.05, 0.1) is 7.11 Å². The van der Waals surface area contributed by atoms with E-state index in [4.69, 9.17) is 4.74 Å². The zero-order chi connectivity index (χ0) is 16.3. The number of hydrogen-bond acceptors (Lipinski definition) is 6. The number of benzene rings is 1. The maximum Gasteiger partial charge on any atom is 0.534 e. The topological polar surface area (TPSA) is 78.9 Å². The highest BCUT2D eigenvalue weighted by molar-refractivity contribution is 7.87. The summed E-state index contributed by atoms with van der Waals surface area (Å²) in [6.07, 6.45) is -0.930. The molecule has 0 radical (unpaired) electrons. The molecule has 0 aliphatic carbocycles. The first kappa shape index (κ1) is 17.1. The molecule has 118 valence electrons. The highest BCUT2D eigenvalue weighted by atomic mass is 32.2. The third kappa shape index (κ3) is 4.52. The number of esters is 1. The summed E-state index contributed by atoms with van der Waals surface area (Å²) in [5.74, 6) is -1.05. The van der Waals surface area contributed by atoms with Gasteiger partial charge in [0.1, 0.15) is 11.5 Å². The average molecular weight is 328 g/mol. The minimum atomic E-state index is -5.72. The van der Waals surface area contributed by atoms with Crippen LogP contribution < -0.4 is 8.92 Å². The Labute approximate surface area is 118 Å². The van der Waals surface area contributed by atoms with Crippen LogP contribution >= 0.6 is 0 Å². The molecule has 1 aromatic rings. The van der Waals surface area contributed by atoms with Crippen molar-refractivity contribution >= 4 is 16.1 Å². The van der Waals surface area contributed by atoms with E-state index in [1.807, 2.05) is 0 Å². The van der Waals surface area contributed by atoms with E-state index in [-0.39, 0.29) is 5.75 Å². The Balaban J connectivity index is 2.78. The number of hydrogen-bond donors (Lipinski definition) is 0. The quantitative estimate of drug-likeness (QED) is 0.466. The number of halogens is 3. The number of ether oxygens (including phenoxy) is 2. The molecule has 0 fully saturated rings. The molecule has 0 saturated carbocycles. The summed E-state index contributed by atoms with van der Waals surface area (Å²) < 4.78 is 71.3. The summed E-state index contributed by atoms with van der Waals surface area (Å²) in [6.45, 7) is 1.41. The van der Waals surface area contributed by atoms with Gasteiger partial charge < -0.3 is 13.7 Å². The third-order valence-electron chi connectivity index (χ3n) is 2.16. The lowest BCUT2D eigenvalue weighted by molar-refractivity contribution is -0.147. The molecule has 0 unspecified atom stereocenters. The molecular weight excluding hydrogens is 317 g/mol. The summed E-state index contributed by atoms with van der Waals surface area (Å²) in [6, 6.07) is 4.23. The molecule has 0 aliphatic heterocycles. The summed E-state index contributed by atoms with van der Waals surface area (Å²) in [5.41, 5.74) is -5.51. The van der Waals surface area contributed by atoms with Gasteiger partial charge in [-0.15, -0.1) is 0 Å². The first-order valence-electron chi connectivity index (χ1n) is 5.42. The Bertz CT molecular complexity index is 593. The molecule has 0 N–H and O–H groups in total. The molecule has 0 amide bonds. The van der Waals surface area contributed by atoms with Crippen LogP contribution in [-0.2, 0) is 19.6 Å². The van der Waals surface area contributed by atoms with Gasteiger partial charge in [0, 0.05) is 0 Å². The van der Waals surface area contributed by atoms with Crippen LogP contribution in [0.5, 0.6) is 11.5 Å². The van der Waals surface area contributed by atoms with Gasteiger partial charge in [0.25, 0.3) is 0 Å². The molecule has 0 aliphatic rings. The van der Waals surface area contributed by atoms with Crippen LogP contribution in [0.4, 0.5) is 13.2 Å². The van der Waals surface area contributed by atoms with Crippen molar-refractivity contribution in [3.63, 3.8) is 0 Å². The van der Waals surface area contributed by atoms with Gasteiger partial charge in [-0.05, 0) is 31.2 Å². The fraction of sp³-hybridized carbons (Fsp3) is 0.364. The maximum atomic E-state index is 12.1. The Kier molecular flexibility index (Phi) is 5.05. The Hall–Kier alpha value is -1.97. The third-order valence-corrected chi connectivity index (χ3v) is 3.14. The van der Waals surface area contributed by atoms with Gasteiger partial charge in [-0.3, -0.25) is 0 Å². The highest BCUT2D eigenvalue weighted by Gasteiger charge is 2.48. The summed E-state index contributed by atoms with van der Waals surface area (Å²) >= 11 is 0. The molecule has 0 heterocycles. The summed E-state index contributed by atoms with van der Waals surface area (Å²) in [4.78, 5) is 11.1.